The number of rotatable bonds is 2. The summed E-state index contributed by atoms with van der Waals surface area (Å²) in [6, 6.07) is 4.10. The van der Waals surface area contributed by atoms with E-state index in [0.29, 0.717) is 5.84 Å². The number of aliphatic imine (C=N–C) groups is 1. The van der Waals surface area contributed by atoms with E-state index < -0.39 is 0 Å². The van der Waals surface area contributed by atoms with Crippen LogP contribution in [0.25, 0.3) is 0 Å². The zero-order valence-electron chi connectivity index (χ0n) is 8.76. The van der Waals surface area contributed by atoms with Crippen molar-refractivity contribution in [1.82, 2.24) is 0 Å². The van der Waals surface area contributed by atoms with Crippen molar-refractivity contribution >= 4 is 27.5 Å². The Balaban J connectivity index is 3.21. The van der Waals surface area contributed by atoms with Gasteiger partial charge < -0.3 is 5.73 Å². The fourth-order valence-corrected chi connectivity index (χ4v) is 1.99. The lowest BCUT2D eigenvalue weighted by Gasteiger charge is -2.06. The Hall–Kier alpha value is -0.830. The Morgan fingerprint density at radius 3 is 2.29 bits per heavy atom. The van der Waals surface area contributed by atoms with Crippen molar-refractivity contribution in [3.05, 3.63) is 27.7 Å². The number of aryl methyl sites for hydroxylation is 2. The Morgan fingerprint density at radius 1 is 1.36 bits per heavy atom. The van der Waals surface area contributed by atoms with Gasteiger partial charge >= 0.3 is 0 Å². The van der Waals surface area contributed by atoms with E-state index in [1.165, 1.54) is 0 Å². The van der Waals surface area contributed by atoms with E-state index in [0.717, 1.165) is 27.7 Å². The van der Waals surface area contributed by atoms with Crippen molar-refractivity contribution in [2.75, 3.05) is 0 Å². The van der Waals surface area contributed by atoms with Gasteiger partial charge in [0.1, 0.15) is 0 Å². The van der Waals surface area contributed by atoms with Gasteiger partial charge in [-0.3, -0.25) is 0 Å². The molecule has 0 aromatic heterocycles. The molecule has 0 amide bonds. The fraction of sp³-hybridized carbons (Fsp3) is 0.364. The predicted molar refractivity (Wildman–Crippen MR) is 65.2 cm³/mol. The van der Waals surface area contributed by atoms with Crippen LogP contribution in [0.5, 0.6) is 0 Å². The Kier molecular flexibility index (Phi) is 3.69. The highest BCUT2D eigenvalue weighted by molar-refractivity contribution is 9.10. The highest BCUT2D eigenvalue weighted by atomic mass is 79.9. The zero-order chi connectivity index (χ0) is 10.7. The molecule has 2 N–H and O–H groups in total. The number of benzene rings is 1. The average Bonchev–Trinajstić information content (AvgIpc) is 2.10. The molecule has 2 nitrogen and oxygen atoms in total. The summed E-state index contributed by atoms with van der Waals surface area (Å²) in [6.07, 6.45) is 0.787. The second-order valence-electron chi connectivity index (χ2n) is 3.34. The van der Waals surface area contributed by atoms with Crippen LogP contribution in [-0.2, 0) is 0 Å². The highest BCUT2D eigenvalue weighted by Crippen LogP contribution is 2.27. The molecule has 0 radical (unpaired) electrons. The van der Waals surface area contributed by atoms with Crippen molar-refractivity contribution in [3.63, 3.8) is 0 Å². The lowest BCUT2D eigenvalue weighted by atomic mass is 10.1. The van der Waals surface area contributed by atoms with Crippen LogP contribution in [0.1, 0.15) is 24.5 Å². The second-order valence-corrected chi connectivity index (χ2v) is 4.26. The molecule has 14 heavy (non-hydrogen) atoms. The molecule has 1 aromatic carbocycles. The maximum atomic E-state index is 5.72. The van der Waals surface area contributed by atoms with Crippen molar-refractivity contribution in [3.8, 4) is 0 Å². The Labute approximate surface area is 93.4 Å². The van der Waals surface area contributed by atoms with Gasteiger partial charge in [-0.2, -0.15) is 0 Å². The first-order chi connectivity index (χ1) is 6.54. The lowest BCUT2D eigenvalue weighted by molar-refractivity contribution is 1.22. The van der Waals surface area contributed by atoms with Gasteiger partial charge in [-0.25, -0.2) is 4.99 Å². The third kappa shape index (κ3) is 2.58. The van der Waals surface area contributed by atoms with Crippen LogP contribution in [0.4, 0.5) is 5.69 Å². The first-order valence-corrected chi connectivity index (χ1v) is 5.43. The molecule has 0 aliphatic rings. The van der Waals surface area contributed by atoms with E-state index in [2.05, 4.69) is 33.1 Å². The topological polar surface area (TPSA) is 38.4 Å². The summed E-state index contributed by atoms with van der Waals surface area (Å²) in [7, 11) is 0. The zero-order valence-corrected chi connectivity index (χ0v) is 10.4. The van der Waals surface area contributed by atoms with Gasteiger partial charge in [-0.15, -0.1) is 0 Å². The number of halogens is 1. The van der Waals surface area contributed by atoms with Crippen LogP contribution in [0, 0.1) is 13.8 Å². The quantitative estimate of drug-likeness (QED) is 0.637. The van der Waals surface area contributed by atoms with E-state index in [-0.39, 0.29) is 0 Å². The molecule has 0 bridgehead atoms. The van der Waals surface area contributed by atoms with Crippen LogP contribution < -0.4 is 5.73 Å². The van der Waals surface area contributed by atoms with Crippen LogP contribution in [0.2, 0.25) is 0 Å². The van der Waals surface area contributed by atoms with Crippen molar-refractivity contribution in [2.24, 2.45) is 10.7 Å². The van der Waals surface area contributed by atoms with Crippen LogP contribution >= 0.6 is 15.9 Å². The van der Waals surface area contributed by atoms with Gasteiger partial charge in [0.25, 0.3) is 0 Å². The molecular formula is C11H15BrN2. The summed E-state index contributed by atoms with van der Waals surface area (Å²) in [6.45, 7) is 6.08. The summed E-state index contributed by atoms with van der Waals surface area (Å²) in [5.74, 6) is 0.679. The van der Waals surface area contributed by atoms with E-state index in [1.54, 1.807) is 0 Å². The van der Waals surface area contributed by atoms with Crippen LogP contribution in [0.3, 0.4) is 0 Å². The molecule has 0 unspecified atom stereocenters. The van der Waals surface area contributed by atoms with Crippen molar-refractivity contribution in [2.45, 2.75) is 27.2 Å². The molecule has 1 rings (SSSR count). The van der Waals surface area contributed by atoms with E-state index in [4.69, 9.17) is 5.73 Å². The molecule has 0 fully saturated rings. The van der Waals surface area contributed by atoms with Gasteiger partial charge in [0.05, 0.1) is 11.5 Å². The van der Waals surface area contributed by atoms with Crippen molar-refractivity contribution in [1.29, 1.82) is 0 Å². The van der Waals surface area contributed by atoms with E-state index in [9.17, 15) is 0 Å². The minimum Gasteiger partial charge on any atom is -0.387 e. The molecule has 0 saturated carbocycles. The third-order valence-corrected chi connectivity index (χ3v) is 2.53. The first kappa shape index (κ1) is 11.2. The molecule has 0 spiro atoms. The SMILES string of the molecule is CCC(N)=Nc1c(C)cc(Br)cc1C. The molecular weight excluding hydrogens is 240 g/mol. The summed E-state index contributed by atoms with van der Waals surface area (Å²) < 4.78 is 1.08. The lowest BCUT2D eigenvalue weighted by Crippen LogP contribution is -2.08. The number of nitrogens with two attached hydrogens (primary N) is 1. The van der Waals surface area contributed by atoms with Gasteiger partial charge in [-0.05, 0) is 37.1 Å². The summed E-state index contributed by atoms with van der Waals surface area (Å²) in [5, 5.41) is 0. The van der Waals surface area contributed by atoms with Crippen LogP contribution in [-0.4, -0.2) is 5.84 Å². The Bertz CT molecular complexity index is 347. The number of amidine groups is 1. The van der Waals surface area contributed by atoms with E-state index in [1.807, 2.05) is 20.8 Å². The average molecular weight is 255 g/mol. The van der Waals surface area contributed by atoms with Crippen LogP contribution in [0.15, 0.2) is 21.6 Å². The first-order valence-electron chi connectivity index (χ1n) is 4.64. The second kappa shape index (κ2) is 4.60. The maximum absolute atomic E-state index is 5.72. The molecule has 0 atom stereocenters. The highest BCUT2D eigenvalue weighted by Gasteiger charge is 2.03. The minimum atomic E-state index is 0.679. The molecule has 76 valence electrons. The fourth-order valence-electron chi connectivity index (χ4n) is 1.30. The van der Waals surface area contributed by atoms with Gasteiger partial charge in [0.15, 0.2) is 0 Å². The molecule has 3 heteroatoms. The van der Waals surface area contributed by atoms with E-state index >= 15 is 0 Å². The molecule has 0 aliphatic heterocycles. The number of hydrogen-bond acceptors (Lipinski definition) is 1. The molecule has 1 aromatic rings. The summed E-state index contributed by atoms with van der Waals surface area (Å²) in [4.78, 5) is 4.39. The molecule has 0 heterocycles. The number of nitrogens with zero attached hydrogens (tertiary/aromatic N) is 1. The maximum Gasteiger partial charge on any atom is 0.0993 e. The van der Waals surface area contributed by atoms with Gasteiger partial charge in [0.2, 0.25) is 0 Å². The summed E-state index contributed by atoms with van der Waals surface area (Å²) in [5.41, 5.74) is 9.01. The van der Waals surface area contributed by atoms with Gasteiger partial charge in [-0.1, -0.05) is 22.9 Å². The minimum absolute atomic E-state index is 0.679. The monoisotopic (exact) mass is 254 g/mol. The molecule has 0 aliphatic carbocycles. The summed E-state index contributed by atoms with van der Waals surface area (Å²) >= 11 is 3.45. The number of hydrogen-bond donors (Lipinski definition) is 1. The largest absolute Gasteiger partial charge is 0.387 e. The normalized spacial score (nSPS) is 11.9. The smallest absolute Gasteiger partial charge is 0.0993 e. The molecule has 0 saturated heterocycles. The van der Waals surface area contributed by atoms with Gasteiger partial charge in [0, 0.05) is 10.9 Å². The van der Waals surface area contributed by atoms with Crippen molar-refractivity contribution < 1.29 is 0 Å². The Morgan fingerprint density at radius 2 is 1.86 bits per heavy atom. The third-order valence-electron chi connectivity index (χ3n) is 2.07. The standard InChI is InChI=1S/C11H15BrN2/c1-4-10(13)14-11-7(2)5-9(12)6-8(11)3/h5-6H,4H2,1-3H3,(H2,13,14). The predicted octanol–water partition coefficient (Wildman–Crippen LogP) is 3.46.